The molecule has 0 bridgehead atoms. The molecule has 0 aliphatic rings. The Morgan fingerprint density at radius 2 is 2.00 bits per heavy atom. The molecule has 6 nitrogen and oxygen atoms in total. The maximum absolute atomic E-state index is 11.0. The molecule has 2 unspecified atom stereocenters. The second kappa shape index (κ2) is 6.33. The van der Waals surface area contributed by atoms with Gasteiger partial charge in [0.1, 0.15) is 0 Å². The third-order valence-electron chi connectivity index (χ3n) is 1.65. The monoisotopic (exact) mass is 203 g/mol. The molecule has 0 spiro atoms. The van der Waals surface area contributed by atoms with Crippen molar-refractivity contribution in [1.29, 1.82) is 0 Å². The highest BCUT2D eigenvalue weighted by molar-refractivity contribution is 5.83. The minimum absolute atomic E-state index is 0.0676. The summed E-state index contributed by atoms with van der Waals surface area (Å²) in [5.41, 5.74) is 5.47. The van der Waals surface area contributed by atoms with E-state index < -0.39 is 12.1 Å². The van der Waals surface area contributed by atoms with Gasteiger partial charge in [-0.1, -0.05) is 0 Å². The molecule has 2 amide bonds. The molecule has 0 rings (SSSR count). The van der Waals surface area contributed by atoms with Crippen LogP contribution in [0.1, 0.15) is 13.8 Å². The number of aliphatic hydroxyl groups is 1. The van der Waals surface area contributed by atoms with Gasteiger partial charge in [-0.25, -0.2) is 0 Å². The molecule has 6 heteroatoms. The van der Waals surface area contributed by atoms with Crippen LogP contribution < -0.4 is 16.4 Å². The van der Waals surface area contributed by atoms with Crippen molar-refractivity contribution in [3.63, 3.8) is 0 Å². The van der Waals surface area contributed by atoms with E-state index in [1.807, 2.05) is 0 Å². The Hall–Kier alpha value is -1.14. The fourth-order valence-corrected chi connectivity index (χ4v) is 0.669. The maximum atomic E-state index is 11.0. The molecule has 2 atom stereocenters. The lowest BCUT2D eigenvalue weighted by atomic mass is 10.2. The van der Waals surface area contributed by atoms with Crippen LogP contribution in [0, 0.1) is 0 Å². The summed E-state index contributed by atoms with van der Waals surface area (Å²) in [7, 11) is 0. The number of aliphatic hydroxyl groups excluding tert-OH is 1. The summed E-state index contributed by atoms with van der Waals surface area (Å²) in [6.45, 7) is 3.00. The molecule has 0 aromatic carbocycles. The van der Waals surface area contributed by atoms with Crippen LogP contribution in [0.5, 0.6) is 0 Å². The summed E-state index contributed by atoms with van der Waals surface area (Å²) in [6, 6.07) is -0.490. The Morgan fingerprint density at radius 3 is 2.43 bits per heavy atom. The predicted molar refractivity (Wildman–Crippen MR) is 51.3 cm³/mol. The minimum Gasteiger partial charge on any atom is -0.392 e. The zero-order chi connectivity index (χ0) is 11.1. The van der Waals surface area contributed by atoms with Gasteiger partial charge >= 0.3 is 0 Å². The van der Waals surface area contributed by atoms with Gasteiger partial charge in [0.15, 0.2) is 0 Å². The molecule has 5 N–H and O–H groups in total. The van der Waals surface area contributed by atoms with Crippen LogP contribution in [0.3, 0.4) is 0 Å². The maximum Gasteiger partial charge on any atom is 0.239 e. The first-order valence-electron chi connectivity index (χ1n) is 4.38. The van der Waals surface area contributed by atoms with Crippen LogP contribution in [-0.4, -0.2) is 42.2 Å². The van der Waals surface area contributed by atoms with Crippen molar-refractivity contribution in [1.82, 2.24) is 10.6 Å². The molecule has 0 aromatic heterocycles. The number of amides is 2. The second-order valence-electron chi connectivity index (χ2n) is 3.12. The molecule has 14 heavy (non-hydrogen) atoms. The van der Waals surface area contributed by atoms with Crippen molar-refractivity contribution >= 4 is 11.8 Å². The zero-order valence-corrected chi connectivity index (χ0v) is 8.41. The Balaban J connectivity index is 3.58. The number of hydrogen-bond donors (Lipinski definition) is 4. The van der Waals surface area contributed by atoms with Crippen LogP contribution in [-0.2, 0) is 9.59 Å². The first-order valence-corrected chi connectivity index (χ1v) is 4.38. The zero-order valence-electron chi connectivity index (χ0n) is 8.41. The van der Waals surface area contributed by atoms with E-state index in [0.717, 1.165) is 0 Å². The first kappa shape index (κ1) is 12.9. The number of hydrogen-bond acceptors (Lipinski definition) is 4. The second-order valence-corrected chi connectivity index (χ2v) is 3.12. The van der Waals surface area contributed by atoms with Crippen LogP contribution >= 0.6 is 0 Å². The highest BCUT2D eigenvalue weighted by Gasteiger charge is 2.10. The van der Waals surface area contributed by atoms with Gasteiger partial charge in [-0.15, -0.1) is 0 Å². The fourth-order valence-electron chi connectivity index (χ4n) is 0.669. The molecule has 0 aliphatic heterocycles. The fraction of sp³-hybridized carbons (Fsp3) is 0.750. The van der Waals surface area contributed by atoms with Crippen molar-refractivity contribution in [2.24, 2.45) is 5.73 Å². The van der Waals surface area contributed by atoms with Crippen molar-refractivity contribution in [3.8, 4) is 0 Å². The van der Waals surface area contributed by atoms with Crippen molar-refractivity contribution < 1.29 is 14.7 Å². The van der Waals surface area contributed by atoms with Gasteiger partial charge in [0.2, 0.25) is 11.8 Å². The molecule has 0 saturated carbocycles. The third kappa shape index (κ3) is 6.38. The van der Waals surface area contributed by atoms with Gasteiger partial charge in [-0.2, -0.15) is 0 Å². The summed E-state index contributed by atoms with van der Waals surface area (Å²) in [5, 5.41) is 13.8. The number of nitrogens with two attached hydrogens (primary N) is 1. The van der Waals surface area contributed by atoms with Crippen LogP contribution in [0.25, 0.3) is 0 Å². The molecule has 0 saturated heterocycles. The van der Waals surface area contributed by atoms with E-state index in [4.69, 9.17) is 10.8 Å². The van der Waals surface area contributed by atoms with Gasteiger partial charge in [-0.3, -0.25) is 9.59 Å². The summed E-state index contributed by atoms with van der Waals surface area (Å²) in [4.78, 5) is 21.5. The first-order chi connectivity index (χ1) is 6.43. The highest BCUT2D eigenvalue weighted by atomic mass is 16.3. The summed E-state index contributed by atoms with van der Waals surface area (Å²) >= 11 is 0. The smallest absolute Gasteiger partial charge is 0.239 e. The average Bonchev–Trinajstić information content (AvgIpc) is 2.10. The minimum atomic E-state index is -0.670. The standard InChI is InChI=1S/C8H17N3O3/c1-5(12)7(9)3-11-8(14)4-10-6(2)13/h5,7,12H,3-4,9H2,1-2H3,(H,10,13)(H,11,14). The van der Waals surface area contributed by atoms with Gasteiger partial charge in [0, 0.05) is 19.5 Å². The quantitative estimate of drug-likeness (QED) is 0.412. The lowest BCUT2D eigenvalue weighted by Gasteiger charge is -2.15. The lowest BCUT2D eigenvalue weighted by molar-refractivity contribution is -0.125. The largest absolute Gasteiger partial charge is 0.392 e. The Labute approximate surface area is 82.9 Å². The van der Waals surface area contributed by atoms with Gasteiger partial charge < -0.3 is 21.5 Å². The number of carbonyl (C=O) groups excluding carboxylic acids is 2. The Morgan fingerprint density at radius 1 is 1.43 bits per heavy atom. The molecular formula is C8H17N3O3. The number of nitrogens with one attached hydrogen (secondary N) is 2. The van der Waals surface area contributed by atoms with E-state index in [9.17, 15) is 9.59 Å². The summed E-state index contributed by atoms with van der Waals surface area (Å²) in [6.07, 6.45) is -0.670. The normalized spacial score (nSPS) is 14.3. The van der Waals surface area contributed by atoms with Gasteiger partial charge in [-0.05, 0) is 6.92 Å². The van der Waals surface area contributed by atoms with E-state index in [-0.39, 0.29) is 24.9 Å². The number of rotatable bonds is 5. The molecule has 0 aliphatic carbocycles. The van der Waals surface area contributed by atoms with Crippen LogP contribution in [0.15, 0.2) is 0 Å². The van der Waals surface area contributed by atoms with Crippen molar-refractivity contribution in [2.75, 3.05) is 13.1 Å². The lowest BCUT2D eigenvalue weighted by Crippen LogP contribution is -2.46. The molecule has 0 radical (unpaired) electrons. The van der Waals surface area contributed by atoms with Crippen LogP contribution in [0.2, 0.25) is 0 Å². The molecule has 0 aromatic rings. The molecular weight excluding hydrogens is 186 g/mol. The summed E-state index contributed by atoms with van der Waals surface area (Å²) in [5.74, 6) is -0.587. The Kier molecular flexibility index (Phi) is 5.82. The highest BCUT2D eigenvalue weighted by Crippen LogP contribution is 1.85. The Bertz CT molecular complexity index is 206. The van der Waals surface area contributed by atoms with E-state index in [2.05, 4.69) is 10.6 Å². The SMILES string of the molecule is CC(=O)NCC(=O)NCC(N)C(C)O. The van der Waals surface area contributed by atoms with Crippen molar-refractivity contribution in [3.05, 3.63) is 0 Å². The molecule has 0 fully saturated rings. The van der Waals surface area contributed by atoms with E-state index >= 15 is 0 Å². The van der Waals surface area contributed by atoms with E-state index in [0.29, 0.717) is 0 Å². The van der Waals surface area contributed by atoms with Crippen LogP contribution in [0.4, 0.5) is 0 Å². The van der Waals surface area contributed by atoms with Gasteiger partial charge in [0.05, 0.1) is 12.6 Å². The van der Waals surface area contributed by atoms with Crippen molar-refractivity contribution in [2.45, 2.75) is 26.0 Å². The summed E-state index contributed by atoms with van der Waals surface area (Å²) < 4.78 is 0. The molecule has 0 heterocycles. The van der Waals surface area contributed by atoms with E-state index in [1.54, 1.807) is 6.92 Å². The van der Waals surface area contributed by atoms with Gasteiger partial charge in [0.25, 0.3) is 0 Å². The number of carbonyl (C=O) groups is 2. The van der Waals surface area contributed by atoms with E-state index in [1.165, 1.54) is 6.92 Å². The molecule has 82 valence electrons. The predicted octanol–water partition coefficient (Wildman–Crippen LogP) is -2.05. The third-order valence-corrected chi connectivity index (χ3v) is 1.65. The topological polar surface area (TPSA) is 104 Å². The average molecular weight is 203 g/mol.